The van der Waals surface area contributed by atoms with Crippen molar-refractivity contribution in [3.05, 3.63) is 40.3 Å². The molecule has 8 heteroatoms. The number of carbonyl (C=O) groups excluding carboxylic acids is 3. The number of nitrogens with zero attached hydrogens (tertiary/aromatic N) is 1. The summed E-state index contributed by atoms with van der Waals surface area (Å²) in [6.07, 6.45) is 1.87. The summed E-state index contributed by atoms with van der Waals surface area (Å²) in [6.45, 7) is 3.73. The van der Waals surface area contributed by atoms with Gasteiger partial charge in [-0.15, -0.1) is 0 Å². The molecule has 0 spiro atoms. The van der Waals surface area contributed by atoms with Crippen molar-refractivity contribution in [2.45, 2.75) is 26.3 Å². The summed E-state index contributed by atoms with van der Waals surface area (Å²) in [5.41, 5.74) is 1.08. The summed E-state index contributed by atoms with van der Waals surface area (Å²) < 4.78 is 4.83. The van der Waals surface area contributed by atoms with E-state index in [0.717, 1.165) is 16.7 Å². The van der Waals surface area contributed by atoms with Crippen LogP contribution in [0.15, 0.2) is 29.2 Å². The van der Waals surface area contributed by atoms with Crippen LogP contribution in [0, 0.1) is 5.92 Å². The Morgan fingerprint density at radius 1 is 1.31 bits per heavy atom. The molecule has 0 aromatic heterocycles. The van der Waals surface area contributed by atoms with Gasteiger partial charge in [-0.1, -0.05) is 50.0 Å². The third-order valence-electron chi connectivity index (χ3n) is 3.73. The van der Waals surface area contributed by atoms with Crippen LogP contribution in [0.25, 0.3) is 6.08 Å². The summed E-state index contributed by atoms with van der Waals surface area (Å²) >= 11 is 6.26. The summed E-state index contributed by atoms with van der Waals surface area (Å²) in [5, 5.41) is 11.5. The number of hydrogen-bond acceptors (Lipinski definition) is 7. The van der Waals surface area contributed by atoms with E-state index < -0.39 is 23.9 Å². The average molecular weight is 392 g/mol. The average Bonchev–Trinajstić information content (AvgIpc) is 2.86. The Labute approximate surface area is 161 Å². The second-order valence-corrected chi connectivity index (χ2v) is 7.81. The van der Waals surface area contributed by atoms with E-state index in [0.29, 0.717) is 16.0 Å². The minimum absolute atomic E-state index is 0.0670. The van der Waals surface area contributed by atoms with Gasteiger partial charge in [-0.2, -0.15) is 0 Å². The van der Waals surface area contributed by atoms with Crippen LogP contribution in [0.1, 0.15) is 36.2 Å². The number of methoxy groups -OCH3 is 1. The number of benzene rings is 1. The highest BCUT2D eigenvalue weighted by atomic mass is 32.2. The Morgan fingerprint density at radius 2 is 1.92 bits per heavy atom. The van der Waals surface area contributed by atoms with Crippen LogP contribution in [0.4, 0.5) is 0 Å². The predicted molar refractivity (Wildman–Crippen MR) is 101 cm³/mol. The molecule has 2 rings (SSSR count). The molecule has 0 saturated carbocycles. The molecular weight excluding hydrogens is 374 g/mol. The first kappa shape index (κ1) is 20.1. The Kier molecular flexibility index (Phi) is 6.55. The van der Waals surface area contributed by atoms with E-state index in [9.17, 15) is 19.5 Å². The van der Waals surface area contributed by atoms with Gasteiger partial charge >= 0.3 is 5.97 Å². The number of esters is 1. The maximum atomic E-state index is 12.7. The van der Waals surface area contributed by atoms with Crippen LogP contribution in [-0.2, 0) is 14.3 Å². The van der Waals surface area contributed by atoms with Gasteiger partial charge in [0.15, 0.2) is 0 Å². The zero-order valence-electron chi connectivity index (χ0n) is 14.6. The van der Waals surface area contributed by atoms with Crippen LogP contribution >= 0.6 is 24.0 Å². The Bertz CT molecular complexity index is 770. The predicted octanol–water partition coefficient (Wildman–Crippen LogP) is 1.84. The third kappa shape index (κ3) is 4.50. The third-order valence-corrected chi connectivity index (χ3v) is 5.06. The monoisotopic (exact) mass is 392 g/mol. The van der Waals surface area contributed by atoms with Crippen molar-refractivity contribution in [2.24, 2.45) is 5.92 Å². The number of thioether (sulfide) groups is 1. The van der Waals surface area contributed by atoms with Gasteiger partial charge in [0.25, 0.3) is 5.91 Å². The van der Waals surface area contributed by atoms with Crippen molar-refractivity contribution >= 4 is 52.2 Å². The van der Waals surface area contributed by atoms with E-state index in [-0.39, 0.29) is 16.7 Å². The SMILES string of the molecule is COC(=O)c1ccc(/C=C2\SC(=S)N([C@@H](CC(C)C)C(=O)[O-])C2=O)cc1. The molecule has 6 nitrogen and oxygen atoms in total. The lowest BCUT2D eigenvalue weighted by Crippen LogP contribution is -2.50. The van der Waals surface area contributed by atoms with E-state index in [1.165, 1.54) is 7.11 Å². The second kappa shape index (κ2) is 8.46. The first-order chi connectivity index (χ1) is 12.2. The molecule has 0 aliphatic carbocycles. The lowest BCUT2D eigenvalue weighted by molar-refractivity contribution is -0.310. The fourth-order valence-corrected chi connectivity index (χ4v) is 3.84. The van der Waals surface area contributed by atoms with Gasteiger partial charge in [0, 0.05) is 0 Å². The minimum Gasteiger partial charge on any atom is -0.548 e. The zero-order chi connectivity index (χ0) is 19.4. The molecule has 1 heterocycles. The highest BCUT2D eigenvalue weighted by molar-refractivity contribution is 8.26. The van der Waals surface area contributed by atoms with Crippen LogP contribution in [-0.4, -0.2) is 40.2 Å². The Morgan fingerprint density at radius 3 is 2.42 bits per heavy atom. The number of rotatable bonds is 6. The van der Waals surface area contributed by atoms with Crippen LogP contribution in [0.2, 0.25) is 0 Å². The van der Waals surface area contributed by atoms with E-state index >= 15 is 0 Å². The smallest absolute Gasteiger partial charge is 0.337 e. The van der Waals surface area contributed by atoms with Crippen molar-refractivity contribution in [1.82, 2.24) is 4.90 Å². The standard InChI is InChI=1S/C18H19NO5S2/c1-10(2)8-13(16(21)22)19-15(20)14(26-18(19)25)9-11-4-6-12(7-5-11)17(23)24-3/h4-7,9-10,13H,8H2,1-3H3,(H,21,22)/p-1/b14-9-/t13-/m0/s1. The maximum absolute atomic E-state index is 12.7. The molecule has 0 N–H and O–H groups in total. The first-order valence-corrected chi connectivity index (χ1v) is 9.13. The van der Waals surface area contributed by atoms with Gasteiger partial charge in [-0.3, -0.25) is 9.69 Å². The molecule has 0 unspecified atom stereocenters. The Hall–Kier alpha value is -2.19. The fraction of sp³-hybridized carbons (Fsp3) is 0.333. The van der Waals surface area contributed by atoms with E-state index in [4.69, 9.17) is 12.2 Å². The van der Waals surface area contributed by atoms with Gasteiger partial charge in [-0.25, -0.2) is 4.79 Å². The lowest BCUT2D eigenvalue weighted by atomic mass is 10.0. The van der Waals surface area contributed by atoms with Crippen molar-refractivity contribution in [1.29, 1.82) is 0 Å². The van der Waals surface area contributed by atoms with Gasteiger partial charge in [0.05, 0.1) is 29.6 Å². The highest BCUT2D eigenvalue weighted by Crippen LogP contribution is 2.35. The molecule has 138 valence electrons. The zero-order valence-corrected chi connectivity index (χ0v) is 16.2. The largest absolute Gasteiger partial charge is 0.548 e. The number of carboxylic acid groups (broad SMARTS) is 1. The summed E-state index contributed by atoms with van der Waals surface area (Å²) in [4.78, 5) is 37.0. The van der Waals surface area contributed by atoms with Crippen molar-refractivity contribution < 1.29 is 24.2 Å². The normalized spacial score (nSPS) is 17.1. The molecule has 1 fully saturated rings. The lowest BCUT2D eigenvalue weighted by Gasteiger charge is -2.28. The number of amides is 1. The fourth-order valence-electron chi connectivity index (χ4n) is 2.49. The molecule has 1 atom stereocenters. The van der Waals surface area contributed by atoms with Crippen LogP contribution < -0.4 is 5.11 Å². The van der Waals surface area contributed by atoms with E-state index in [1.54, 1.807) is 30.3 Å². The first-order valence-electron chi connectivity index (χ1n) is 7.91. The van der Waals surface area contributed by atoms with Crippen LogP contribution in [0.3, 0.4) is 0 Å². The Balaban J connectivity index is 2.25. The van der Waals surface area contributed by atoms with E-state index in [2.05, 4.69) is 4.74 Å². The van der Waals surface area contributed by atoms with Gasteiger partial charge in [0.2, 0.25) is 0 Å². The summed E-state index contributed by atoms with van der Waals surface area (Å²) in [6, 6.07) is 5.42. The molecule has 0 bridgehead atoms. The van der Waals surface area contributed by atoms with E-state index in [1.807, 2.05) is 13.8 Å². The minimum atomic E-state index is -1.32. The molecule has 1 aliphatic heterocycles. The molecular formula is C18H18NO5S2-. The topological polar surface area (TPSA) is 86.7 Å². The molecule has 1 saturated heterocycles. The molecule has 0 radical (unpaired) electrons. The highest BCUT2D eigenvalue weighted by Gasteiger charge is 2.37. The second-order valence-electron chi connectivity index (χ2n) is 6.13. The summed E-state index contributed by atoms with van der Waals surface area (Å²) in [5.74, 6) is -2.16. The van der Waals surface area contributed by atoms with Crippen molar-refractivity contribution in [2.75, 3.05) is 7.11 Å². The number of carboxylic acids is 1. The number of ether oxygens (including phenoxy) is 1. The van der Waals surface area contributed by atoms with Gasteiger partial charge in [0.1, 0.15) is 4.32 Å². The number of carbonyl (C=O) groups is 3. The maximum Gasteiger partial charge on any atom is 0.337 e. The van der Waals surface area contributed by atoms with Crippen molar-refractivity contribution in [3.63, 3.8) is 0 Å². The van der Waals surface area contributed by atoms with Crippen LogP contribution in [0.5, 0.6) is 0 Å². The quantitative estimate of drug-likeness (QED) is 0.415. The molecule has 1 aromatic carbocycles. The molecule has 1 amide bonds. The number of hydrogen-bond donors (Lipinski definition) is 0. The molecule has 1 aliphatic rings. The molecule has 1 aromatic rings. The number of aliphatic carboxylic acids is 1. The van der Waals surface area contributed by atoms with Gasteiger partial charge < -0.3 is 14.6 Å². The van der Waals surface area contributed by atoms with Gasteiger partial charge in [-0.05, 0) is 36.1 Å². The van der Waals surface area contributed by atoms with Crippen molar-refractivity contribution in [3.8, 4) is 0 Å². The number of thiocarbonyl (C=S) groups is 1. The molecule has 26 heavy (non-hydrogen) atoms. The summed E-state index contributed by atoms with van der Waals surface area (Å²) in [7, 11) is 1.30.